The summed E-state index contributed by atoms with van der Waals surface area (Å²) < 4.78 is 13.3. The van der Waals surface area contributed by atoms with Gasteiger partial charge in [-0.1, -0.05) is 152 Å². The van der Waals surface area contributed by atoms with Gasteiger partial charge in [0.1, 0.15) is 22.3 Å². The Kier molecular flexibility index (Phi) is 8.15. The van der Waals surface area contributed by atoms with E-state index in [0.717, 1.165) is 121 Å². The first-order valence-corrected chi connectivity index (χ1v) is 21.5. The molecule has 5 nitrogen and oxygen atoms in total. The topological polar surface area (TPSA) is 65.0 Å². The summed E-state index contributed by atoms with van der Waals surface area (Å²) in [4.78, 5) is 15.4. The van der Waals surface area contributed by atoms with E-state index in [0.29, 0.717) is 5.82 Å². The number of para-hydroxylation sites is 4. The van der Waals surface area contributed by atoms with Crippen LogP contribution in [0.25, 0.3) is 133 Å². The molecule has 0 aliphatic carbocycles. The fourth-order valence-electron chi connectivity index (χ4n) is 9.71. The van der Waals surface area contributed by atoms with Crippen molar-refractivity contribution >= 4 is 65.4 Å². The normalized spacial score (nSPS) is 11.8. The van der Waals surface area contributed by atoms with Crippen LogP contribution in [0.2, 0.25) is 0 Å². The number of rotatable bonds is 6. The molecule has 4 aromatic heterocycles. The zero-order chi connectivity index (χ0) is 42.1. The third-order valence-corrected chi connectivity index (χ3v) is 12.6. The maximum absolute atomic E-state index is 6.66. The van der Waals surface area contributed by atoms with E-state index in [4.69, 9.17) is 18.8 Å². The molecule has 0 saturated carbocycles. The van der Waals surface area contributed by atoms with Crippen molar-refractivity contribution in [2.75, 3.05) is 0 Å². The van der Waals surface area contributed by atoms with Gasteiger partial charge in [0.15, 0.2) is 5.82 Å². The highest BCUT2D eigenvalue weighted by Gasteiger charge is 2.22. The standard InChI is InChI=1S/C59H35N3O2/c1-2-14-36(15-3-1)51-35-52(56-47-20-6-4-18-45(47)55(37-28-30-60-31-29-37)46-19-5-7-21-48(46)56)62-59(61-51)40-33-38(41-22-12-24-49-43-16-8-10-26-53(43)63-57(41)49)32-39(34-40)42-23-13-25-50-44-17-9-11-27-54(44)64-58(42)50/h1-35H. The Bertz CT molecular complexity index is 3770. The number of furan rings is 2. The van der Waals surface area contributed by atoms with E-state index in [-0.39, 0.29) is 0 Å². The second-order valence-corrected chi connectivity index (χ2v) is 16.3. The van der Waals surface area contributed by atoms with Crippen LogP contribution in [0.15, 0.2) is 221 Å². The van der Waals surface area contributed by atoms with E-state index in [1.54, 1.807) is 0 Å². The molecule has 0 spiro atoms. The highest BCUT2D eigenvalue weighted by atomic mass is 16.3. The van der Waals surface area contributed by atoms with E-state index < -0.39 is 0 Å². The molecule has 0 saturated heterocycles. The molecule has 0 aliphatic rings. The van der Waals surface area contributed by atoms with E-state index >= 15 is 0 Å². The first kappa shape index (κ1) is 36.0. The van der Waals surface area contributed by atoms with Crippen LogP contribution in [0, 0.1) is 0 Å². The Morgan fingerprint density at radius 2 is 0.750 bits per heavy atom. The molecule has 0 amide bonds. The van der Waals surface area contributed by atoms with Crippen LogP contribution < -0.4 is 0 Å². The first-order valence-electron chi connectivity index (χ1n) is 21.5. The number of pyridine rings is 1. The number of hydrogen-bond donors (Lipinski definition) is 0. The van der Waals surface area contributed by atoms with Crippen molar-refractivity contribution in [3.05, 3.63) is 213 Å². The van der Waals surface area contributed by atoms with Crippen molar-refractivity contribution in [2.45, 2.75) is 0 Å². The van der Waals surface area contributed by atoms with Crippen molar-refractivity contribution < 1.29 is 8.83 Å². The number of nitrogens with zero attached hydrogens (tertiary/aromatic N) is 3. The molecule has 0 aliphatic heterocycles. The van der Waals surface area contributed by atoms with Crippen molar-refractivity contribution in [1.29, 1.82) is 0 Å². The van der Waals surface area contributed by atoms with Crippen LogP contribution in [0.3, 0.4) is 0 Å². The van der Waals surface area contributed by atoms with E-state index in [1.165, 1.54) is 5.56 Å². The number of hydrogen-bond acceptors (Lipinski definition) is 5. The SMILES string of the molecule is c1ccc(-c2cc(-c3c4ccccc4c(-c4ccncc4)c4ccccc34)nc(-c3cc(-c4cccc5c4oc4ccccc45)cc(-c4cccc5c4oc4ccccc45)c3)n2)cc1. The summed E-state index contributed by atoms with van der Waals surface area (Å²) in [5, 5.41) is 8.81. The van der Waals surface area contributed by atoms with Gasteiger partial charge in [0, 0.05) is 61.8 Å². The molecule has 5 heteroatoms. The quantitative estimate of drug-likeness (QED) is 0.156. The van der Waals surface area contributed by atoms with Gasteiger partial charge in [-0.2, -0.15) is 0 Å². The van der Waals surface area contributed by atoms with Crippen LogP contribution >= 0.6 is 0 Å². The highest BCUT2D eigenvalue weighted by molar-refractivity contribution is 6.21. The largest absolute Gasteiger partial charge is 0.455 e. The molecule has 0 N–H and O–H groups in total. The number of benzene rings is 9. The zero-order valence-corrected chi connectivity index (χ0v) is 34.4. The average Bonchev–Trinajstić information content (AvgIpc) is 3.95. The van der Waals surface area contributed by atoms with Crippen molar-refractivity contribution in [3.63, 3.8) is 0 Å². The second kappa shape index (κ2) is 14.5. The maximum atomic E-state index is 6.66. The lowest BCUT2D eigenvalue weighted by Crippen LogP contribution is -1.98. The van der Waals surface area contributed by atoms with Crippen molar-refractivity contribution in [1.82, 2.24) is 15.0 Å². The van der Waals surface area contributed by atoms with Crippen LogP contribution in [-0.2, 0) is 0 Å². The van der Waals surface area contributed by atoms with Crippen LogP contribution in [0.1, 0.15) is 0 Å². The van der Waals surface area contributed by atoms with Gasteiger partial charge in [0.2, 0.25) is 0 Å². The Hall–Kier alpha value is -8.67. The molecule has 0 radical (unpaired) electrons. The zero-order valence-electron chi connectivity index (χ0n) is 34.4. The highest BCUT2D eigenvalue weighted by Crippen LogP contribution is 2.45. The van der Waals surface area contributed by atoms with Crippen LogP contribution in [0.4, 0.5) is 0 Å². The Balaban J connectivity index is 1.11. The van der Waals surface area contributed by atoms with Gasteiger partial charge in [-0.25, -0.2) is 9.97 Å². The predicted octanol–water partition coefficient (Wildman–Crippen LogP) is 16.0. The Labute approximate surface area is 367 Å². The molecule has 0 fully saturated rings. The van der Waals surface area contributed by atoms with Crippen LogP contribution in [-0.4, -0.2) is 15.0 Å². The third kappa shape index (κ3) is 5.75. The van der Waals surface area contributed by atoms with Crippen molar-refractivity contribution in [3.8, 4) is 67.3 Å². The molecule has 13 aromatic rings. The van der Waals surface area contributed by atoms with Gasteiger partial charge < -0.3 is 8.83 Å². The number of aromatic nitrogens is 3. The third-order valence-electron chi connectivity index (χ3n) is 12.6. The summed E-state index contributed by atoms with van der Waals surface area (Å²) in [6.07, 6.45) is 3.72. The number of fused-ring (bicyclic) bond motifs is 8. The summed E-state index contributed by atoms with van der Waals surface area (Å²) in [5.41, 5.74) is 14.2. The van der Waals surface area contributed by atoms with E-state index in [1.807, 2.05) is 42.7 Å². The predicted molar refractivity (Wildman–Crippen MR) is 262 cm³/mol. The molecule has 13 rings (SSSR count). The average molecular weight is 818 g/mol. The Morgan fingerprint density at radius 3 is 1.31 bits per heavy atom. The summed E-state index contributed by atoms with van der Waals surface area (Å²) >= 11 is 0. The van der Waals surface area contributed by atoms with E-state index in [2.05, 4.69) is 175 Å². The molecule has 298 valence electrons. The molecular weight excluding hydrogens is 783 g/mol. The molecule has 4 heterocycles. The minimum atomic E-state index is 0.611. The molecular formula is C59H35N3O2. The van der Waals surface area contributed by atoms with Gasteiger partial charge >= 0.3 is 0 Å². The lowest BCUT2D eigenvalue weighted by Gasteiger charge is -2.18. The first-order chi connectivity index (χ1) is 31.7. The monoisotopic (exact) mass is 817 g/mol. The molecule has 0 atom stereocenters. The smallest absolute Gasteiger partial charge is 0.160 e. The van der Waals surface area contributed by atoms with Gasteiger partial charge in [0.05, 0.1) is 11.4 Å². The summed E-state index contributed by atoms with van der Waals surface area (Å²) in [6, 6.07) is 70.0. The second-order valence-electron chi connectivity index (χ2n) is 16.3. The minimum absolute atomic E-state index is 0.611. The molecule has 64 heavy (non-hydrogen) atoms. The van der Waals surface area contributed by atoms with Gasteiger partial charge in [-0.15, -0.1) is 0 Å². The van der Waals surface area contributed by atoms with Gasteiger partial charge in [-0.3, -0.25) is 4.98 Å². The van der Waals surface area contributed by atoms with Crippen molar-refractivity contribution in [2.24, 2.45) is 0 Å². The lowest BCUT2D eigenvalue weighted by atomic mass is 9.87. The fraction of sp³-hybridized carbons (Fsp3) is 0. The summed E-state index contributed by atoms with van der Waals surface area (Å²) in [7, 11) is 0. The van der Waals surface area contributed by atoms with Gasteiger partial charge in [-0.05, 0) is 92.3 Å². The minimum Gasteiger partial charge on any atom is -0.455 e. The maximum Gasteiger partial charge on any atom is 0.160 e. The van der Waals surface area contributed by atoms with E-state index in [9.17, 15) is 0 Å². The van der Waals surface area contributed by atoms with Crippen LogP contribution in [0.5, 0.6) is 0 Å². The molecule has 9 aromatic carbocycles. The molecule has 0 unspecified atom stereocenters. The summed E-state index contributed by atoms with van der Waals surface area (Å²) in [6.45, 7) is 0. The lowest BCUT2D eigenvalue weighted by molar-refractivity contribution is 0.670. The fourth-order valence-corrected chi connectivity index (χ4v) is 9.71. The van der Waals surface area contributed by atoms with Gasteiger partial charge in [0.25, 0.3) is 0 Å². The Morgan fingerprint density at radius 1 is 0.297 bits per heavy atom. The summed E-state index contributed by atoms with van der Waals surface area (Å²) in [5.74, 6) is 0.611. The molecule has 0 bridgehead atoms.